The molecule has 0 radical (unpaired) electrons. The van der Waals surface area contributed by atoms with Gasteiger partial charge in [-0.25, -0.2) is 0 Å². The molecule has 0 bridgehead atoms. The minimum absolute atomic E-state index is 0.427. The summed E-state index contributed by atoms with van der Waals surface area (Å²) in [5.41, 5.74) is 5.12. The van der Waals surface area contributed by atoms with Crippen LogP contribution in [0.1, 0.15) is 5.56 Å². The Morgan fingerprint density at radius 3 is 2.29 bits per heavy atom. The maximum absolute atomic E-state index is 5.32. The van der Waals surface area contributed by atoms with Crippen LogP contribution in [0.4, 0.5) is 0 Å². The first-order chi connectivity index (χ1) is 11.7. The van der Waals surface area contributed by atoms with E-state index in [1.165, 1.54) is 5.56 Å². The number of fused-ring (bicyclic) bond motifs is 1. The summed E-state index contributed by atoms with van der Waals surface area (Å²) >= 11 is 0. The van der Waals surface area contributed by atoms with Crippen molar-refractivity contribution in [2.24, 2.45) is 0 Å². The highest BCUT2D eigenvalue weighted by molar-refractivity contribution is 5.91. The monoisotopic (exact) mass is 317 g/mol. The van der Waals surface area contributed by atoms with Gasteiger partial charge in [0.1, 0.15) is 11.4 Å². The summed E-state index contributed by atoms with van der Waals surface area (Å²) < 4.78 is 10.5. The summed E-state index contributed by atoms with van der Waals surface area (Å²) in [6, 6.07) is 17.8. The topological polar surface area (TPSA) is 61.0 Å². The van der Waals surface area contributed by atoms with E-state index in [0.717, 1.165) is 33.7 Å². The third kappa shape index (κ3) is 2.50. The van der Waals surface area contributed by atoms with Gasteiger partial charge in [-0.05, 0) is 37.3 Å². The molecule has 0 atom stereocenters. The van der Waals surface area contributed by atoms with Gasteiger partial charge in [0.2, 0.25) is 0 Å². The van der Waals surface area contributed by atoms with Crippen LogP contribution >= 0.6 is 0 Å². The second kappa shape index (κ2) is 5.77. The van der Waals surface area contributed by atoms with E-state index in [4.69, 9.17) is 9.26 Å². The van der Waals surface area contributed by atoms with E-state index in [0.29, 0.717) is 5.71 Å². The molecule has 0 aliphatic carbocycles. The zero-order valence-electron chi connectivity index (χ0n) is 13.4. The standard InChI is InChI=1S/C19H15N3O2/c1-12-3-5-13(6-4-12)17-11-16-18(22-24-19(16)21-20-17)14-7-9-15(23-2)10-8-14/h3-11H,1-2H3. The third-order valence-electron chi connectivity index (χ3n) is 3.95. The smallest absolute Gasteiger partial charge is 0.277 e. The van der Waals surface area contributed by atoms with Crippen molar-refractivity contribution < 1.29 is 9.26 Å². The van der Waals surface area contributed by atoms with E-state index in [9.17, 15) is 0 Å². The maximum Gasteiger partial charge on any atom is 0.277 e. The molecule has 118 valence electrons. The van der Waals surface area contributed by atoms with Crippen LogP contribution in [0, 0.1) is 6.92 Å². The molecule has 0 saturated heterocycles. The van der Waals surface area contributed by atoms with Crippen molar-refractivity contribution in [3.8, 4) is 28.3 Å². The molecule has 5 nitrogen and oxygen atoms in total. The highest BCUT2D eigenvalue weighted by Gasteiger charge is 2.14. The molecular formula is C19H15N3O2. The van der Waals surface area contributed by atoms with Crippen molar-refractivity contribution in [3.63, 3.8) is 0 Å². The van der Waals surface area contributed by atoms with E-state index >= 15 is 0 Å². The zero-order valence-corrected chi connectivity index (χ0v) is 13.4. The first-order valence-corrected chi connectivity index (χ1v) is 7.59. The van der Waals surface area contributed by atoms with Crippen molar-refractivity contribution >= 4 is 11.1 Å². The Labute approximate surface area is 138 Å². The zero-order chi connectivity index (χ0) is 16.5. The fourth-order valence-corrected chi connectivity index (χ4v) is 2.58. The van der Waals surface area contributed by atoms with Crippen LogP contribution in [-0.4, -0.2) is 22.5 Å². The van der Waals surface area contributed by atoms with Crippen molar-refractivity contribution in [1.82, 2.24) is 15.4 Å². The largest absolute Gasteiger partial charge is 0.497 e. The lowest BCUT2D eigenvalue weighted by molar-refractivity contribution is 0.415. The van der Waals surface area contributed by atoms with Gasteiger partial charge in [-0.1, -0.05) is 35.0 Å². The molecule has 2 aromatic carbocycles. The summed E-state index contributed by atoms with van der Waals surface area (Å²) in [6.07, 6.45) is 0. The van der Waals surface area contributed by atoms with Gasteiger partial charge in [-0.15, -0.1) is 10.2 Å². The van der Waals surface area contributed by atoms with Gasteiger partial charge in [0.25, 0.3) is 5.71 Å². The molecule has 4 aromatic rings. The van der Waals surface area contributed by atoms with E-state index in [2.05, 4.69) is 34.4 Å². The fraction of sp³-hybridized carbons (Fsp3) is 0.105. The average Bonchev–Trinajstić information content (AvgIpc) is 3.05. The number of ether oxygens (including phenoxy) is 1. The number of nitrogens with zero attached hydrogens (tertiary/aromatic N) is 3. The predicted molar refractivity (Wildman–Crippen MR) is 91.8 cm³/mol. The summed E-state index contributed by atoms with van der Waals surface area (Å²) in [4.78, 5) is 0. The van der Waals surface area contributed by atoms with Crippen LogP contribution in [0.25, 0.3) is 33.6 Å². The predicted octanol–water partition coefficient (Wildman–Crippen LogP) is 4.27. The minimum Gasteiger partial charge on any atom is -0.497 e. The molecule has 0 N–H and O–H groups in total. The van der Waals surface area contributed by atoms with Crippen LogP contribution in [0.2, 0.25) is 0 Å². The third-order valence-corrected chi connectivity index (χ3v) is 3.95. The van der Waals surface area contributed by atoms with Crippen molar-refractivity contribution in [2.45, 2.75) is 6.92 Å². The molecule has 5 heteroatoms. The van der Waals surface area contributed by atoms with Crippen LogP contribution < -0.4 is 4.74 Å². The Kier molecular flexibility index (Phi) is 3.46. The van der Waals surface area contributed by atoms with E-state index < -0.39 is 0 Å². The normalized spacial score (nSPS) is 10.9. The Bertz CT molecular complexity index is 989. The van der Waals surface area contributed by atoms with Gasteiger partial charge in [0, 0.05) is 11.1 Å². The average molecular weight is 317 g/mol. The Morgan fingerprint density at radius 2 is 1.58 bits per heavy atom. The first kappa shape index (κ1) is 14.4. The molecule has 4 rings (SSSR count). The summed E-state index contributed by atoms with van der Waals surface area (Å²) in [6.45, 7) is 2.06. The quantitative estimate of drug-likeness (QED) is 0.565. The number of rotatable bonds is 3. The molecule has 0 saturated carbocycles. The van der Waals surface area contributed by atoms with Gasteiger partial charge in [0.05, 0.1) is 18.2 Å². The molecular weight excluding hydrogens is 302 g/mol. The number of methoxy groups -OCH3 is 1. The Balaban J connectivity index is 1.82. The number of aryl methyl sites for hydroxylation is 1. The van der Waals surface area contributed by atoms with Crippen molar-refractivity contribution in [1.29, 1.82) is 0 Å². The lowest BCUT2D eigenvalue weighted by Gasteiger charge is -2.02. The maximum atomic E-state index is 5.32. The fourth-order valence-electron chi connectivity index (χ4n) is 2.58. The van der Waals surface area contributed by atoms with Crippen LogP contribution in [-0.2, 0) is 0 Å². The van der Waals surface area contributed by atoms with Gasteiger partial charge >= 0.3 is 0 Å². The lowest BCUT2D eigenvalue weighted by atomic mass is 10.1. The molecule has 2 aromatic heterocycles. The van der Waals surface area contributed by atoms with E-state index in [1.807, 2.05) is 42.5 Å². The van der Waals surface area contributed by atoms with Gasteiger partial charge in [0.15, 0.2) is 0 Å². The summed E-state index contributed by atoms with van der Waals surface area (Å²) in [7, 11) is 1.64. The molecule has 0 aliphatic rings. The molecule has 0 fully saturated rings. The van der Waals surface area contributed by atoms with Crippen molar-refractivity contribution in [3.05, 3.63) is 60.2 Å². The van der Waals surface area contributed by atoms with E-state index in [1.54, 1.807) is 7.11 Å². The molecule has 0 aliphatic heterocycles. The number of benzene rings is 2. The minimum atomic E-state index is 0.427. The highest BCUT2D eigenvalue weighted by atomic mass is 16.5. The van der Waals surface area contributed by atoms with Crippen LogP contribution in [0.3, 0.4) is 0 Å². The number of hydrogen-bond acceptors (Lipinski definition) is 5. The SMILES string of the molecule is COc1ccc(-c2noc3nnc(-c4ccc(C)cc4)cc23)cc1. The van der Waals surface area contributed by atoms with Gasteiger partial charge < -0.3 is 9.26 Å². The first-order valence-electron chi connectivity index (χ1n) is 7.59. The Morgan fingerprint density at radius 1 is 0.875 bits per heavy atom. The molecule has 24 heavy (non-hydrogen) atoms. The lowest BCUT2D eigenvalue weighted by Crippen LogP contribution is -1.88. The molecule has 0 amide bonds. The molecule has 0 spiro atoms. The second-order valence-electron chi connectivity index (χ2n) is 5.57. The number of hydrogen-bond donors (Lipinski definition) is 0. The summed E-state index contributed by atoms with van der Waals surface area (Å²) in [5, 5.41) is 13.4. The van der Waals surface area contributed by atoms with E-state index in [-0.39, 0.29) is 0 Å². The second-order valence-corrected chi connectivity index (χ2v) is 5.57. The highest BCUT2D eigenvalue weighted by Crippen LogP contribution is 2.30. The van der Waals surface area contributed by atoms with Crippen molar-refractivity contribution in [2.75, 3.05) is 7.11 Å². The van der Waals surface area contributed by atoms with Crippen LogP contribution in [0.15, 0.2) is 59.1 Å². The molecule has 0 unspecified atom stereocenters. The van der Waals surface area contributed by atoms with Gasteiger partial charge in [-0.2, -0.15) is 0 Å². The Hall–Kier alpha value is -3.21. The van der Waals surface area contributed by atoms with Crippen LogP contribution in [0.5, 0.6) is 5.75 Å². The molecule has 2 heterocycles. The summed E-state index contributed by atoms with van der Waals surface area (Å²) in [5.74, 6) is 0.798. The number of aromatic nitrogens is 3. The van der Waals surface area contributed by atoms with Gasteiger partial charge in [-0.3, -0.25) is 0 Å².